The fraction of sp³-hybridized carbons (Fsp3) is 0.300. The predicted molar refractivity (Wildman–Crippen MR) is 68.6 cm³/mol. The number of carbonyl (C=O) groups excluding carboxylic acids is 1. The highest BCUT2D eigenvalue weighted by molar-refractivity contribution is 14.1. The number of ketones is 1. The van der Waals surface area contributed by atoms with E-state index in [9.17, 15) is 18.0 Å². The zero-order chi connectivity index (χ0) is 13.2. The molecular weight excluding hydrogens is 416 g/mol. The third kappa shape index (κ3) is 4.13. The van der Waals surface area contributed by atoms with Gasteiger partial charge in [0.15, 0.2) is 5.78 Å². The first-order valence-electron chi connectivity index (χ1n) is 4.45. The van der Waals surface area contributed by atoms with Gasteiger partial charge in [0.2, 0.25) is 0 Å². The molecule has 0 bridgehead atoms. The number of carbonyl (C=O) groups is 1. The summed E-state index contributed by atoms with van der Waals surface area (Å²) >= 11 is 4.74. The molecule has 0 aliphatic rings. The Morgan fingerprint density at radius 2 is 2.06 bits per heavy atom. The van der Waals surface area contributed by atoms with E-state index in [1.807, 2.05) is 0 Å². The SMILES string of the molecule is CC(Br)C(=O)c1cccc(OC(F)(F)F)c1I. The molecule has 0 aliphatic carbocycles. The average Bonchev–Trinajstić information content (AvgIpc) is 2.18. The maximum absolute atomic E-state index is 12.1. The number of ether oxygens (including phenoxy) is 1. The lowest BCUT2D eigenvalue weighted by Gasteiger charge is -2.13. The van der Waals surface area contributed by atoms with Gasteiger partial charge < -0.3 is 4.74 Å². The van der Waals surface area contributed by atoms with Crippen molar-refractivity contribution in [3.8, 4) is 5.75 Å². The first kappa shape index (κ1) is 14.7. The maximum atomic E-state index is 12.1. The monoisotopic (exact) mass is 422 g/mol. The van der Waals surface area contributed by atoms with Gasteiger partial charge in [0.05, 0.1) is 8.40 Å². The van der Waals surface area contributed by atoms with Crippen molar-refractivity contribution < 1.29 is 22.7 Å². The molecule has 0 N–H and O–H groups in total. The highest BCUT2D eigenvalue weighted by atomic mass is 127. The second-order valence-corrected chi connectivity index (χ2v) is 5.60. The van der Waals surface area contributed by atoms with Crippen molar-refractivity contribution in [2.45, 2.75) is 18.1 Å². The van der Waals surface area contributed by atoms with Crippen molar-refractivity contribution in [2.24, 2.45) is 0 Å². The standard InChI is InChI=1S/C10H7BrF3IO2/c1-5(11)9(16)6-3-2-4-7(8(6)15)17-10(12,13)14/h2-5H,1H3. The molecule has 0 saturated carbocycles. The summed E-state index contributed by atoms with van der Waals surface area (Å²) in [6.45, 7) is 1.61. The quantitative estimate of drug-likeness (QED) is 0.415. The third-order valence-corrected chi connectivity index (χ3v) is 3.34. The van der Waals surface area contributed by atoms with Crippen LogP contribution >= 0.6 is 38.5 Å². The van der Waals surface area contributed by atoms with E-state index in [2.05, 4.69) is 20.7 Å². The van der Waals surface area contributed by atoms with Crippen LogP contribution in [0.2, 0.25) is 0 Å². The molecule has 0 heterocycles. The van der Waals surface area contributed by atoms with Crippen LogP contribution in [0, 0.1) is 3.57 Å². The molecule has 7 heteroatoms. The second kappa shape index (κ2) is 5.55. The van der Waals surface area contributed by atoms with Gasteiger partial charge in [-0.2, -0.15) is 0 Å². The van der Waals surface area contributed by atoms with E-state index in [0.717, 1.165) is 0 Å². The minimum Gasteiger partial charge on any atom is -0.405 e. The highest BCUT2D eigenvalue weighted by Gasteiger charge is 2.32. The zero-order valence-corrected chi connectivity index (χ0v) is 12.3. The summed E-state index contributed by atoms with van der Waals surface area (Å²) in [4.78, 5) is 11.2. The third-order valence-electron chi connectivity index (χ3n) is 1.82. The summed E-state index contributed by atoms with van der Waals surface area (Å²) in [5.41, 5.74) is 0.205. The molecule has 0 radical (unpaired) electrons. The van der Waals surface area contributed by atoms with Gasteiger partial charge in [-0.15, -0.1) is 13.2 Å². The molecule has 17 heavy (non-hydrogen) atoms. The molecule has 0 fully saturated rings. The van der Waals surface area contributed by atoms with Gasteiger partial charge in [0.25, 0.3) is 0 Å². The fourth-order valence-corrected chi connectivity index (χ4v) is 2.10. The van der Waals surface area contributed by atoms with Crippen molar-refractivity contribution in [2.75, 3.05) is 0 Å². The van der Waals surface area contributed by atoms with E-state index < -0.39 is 11.2 Å². The van der Waals surface area contributed by atoms with Crippen LogP contribution in [0.25, 0.3) is 0 Å². The van der Waals surface area contributed by atoms with Crippen LogP contribution in [0.4, 0.5) is 13.2 Å². The molecule has 94 valence electrons. The van der Waals surface area contributed by atoms with Gasteiger partial charge in [-0.3, -0.25) is 4.79 Å². The number of rotatable bonds is 3. The Hall–Kier alpha value is -0.310. The van der Waals surface area contributed by atoms with Gasteiger partial charge in [0, 0.05) is 5.56 Å². The normalized spacial score (nSPS) is 13.3. The number of halogens is 5. The molecule has 0 amide bonds. The Labute approximate surface area is 118 Å². The molecule has 0 aromatic heterocycles. The van der Waals surface area contributed by atoms with E-state index >= 15 is 0 Å². The second-order valence-electron chi connectivity index (χ2n) is 3.15. The van der Waals surface area contributed by atoms with Crippen LogP contribution in [-0.2, 0) is 0 Å². The van der Waals surface area contributed by atoms with Crippen molar-refractivity contribution >= 4 is 44.3 Å². The summed E-state index contributed by atoms with van der Waals surface area (Å²) < 4.78 is 40.3. The summed E-state index contributed by atoms with van der Waals surface area (Å²) in [7, 11) is 0. The van der Waals surface area contributed by atoms with Crippen molar-refractivity contribution in [3.63, 3.8) is 0 Å². The first-order valence-corrected chi connectivity index (χ1v) is 6.44. The zero-order valence-electron chi connectivity index (χ0n) is 8.52. The molecule has 1 atom stereocenters. The Morgan fingerprint density at radius 3 is 2.53 bits per heavy atom. The van der Waals surface area contributed by atoms with Crippen molar-refractivity contribution in [1.82, 2.24) is 0 Å². The van der Waals surface area contributed by atoms with E-state index in [-0.39, 0.29) is 20.7 Å². The minimum atomic E-state index is -4.76. The average molecular weight is 423 g/mol. The van der Waals surface area contributed by atoms with E-state index in [0.29, 0.717) is 0 Å². The van der Waals surface area contributed by atoms with E-state index in [4.69, 9.17) is 0 Å². The summed E-state index contributed by atoms with van der Waals surface area (Å²) in [6, 6.07) is 3.99. The van der Waals surface area contributed by atoms with Gasteiger partial charge in [-0.05, 0) is 35.6 Å². The summed E-state index contributed by atoms with van der Waals surface area (Å²) in [5.74, 6) is -0.654. The first-order chi connectivity index (χ1) is 7.72. The van der Waals surface area contributed by atoms with E-state index in [1.165, 1.54) is 18.2 Å². The topological polar surface area (TPSA) is 26.3 Å². The van der Waals surface area contributed by atoms with Crippen LogP contribution in [0.3, 0.4) is 0 Å². The smallest absolute Gasteiger partial charge is 0.405 e. The molecule has 0 spiro atoms. The predicted octanol–water partition coefficient (Wildman–Crippen LogP) is 4.16. The Balaban J connectivity index is 3.12. The Kier molecular flexibility index (Phi) is 4.82. The molecule has 0 saturated heterocycles. The van der Waals surface area contributed by atoms with Crippen LogP contribution in [0.1, 0.15) is 17.3 Å². The number of alkyl halides is 4. The summed E-state index contributed by atoms with van der Waals surface area (Å²) in [5, 5.41) is 0. The highest BCUT2D eigenvalue weighted by Crippen LogP contribution is 2.30. The lowest BCUT2D eigenvalue weighted by Crippen LogP contribution is -2.19. The van der Waals surface area contributed by atoms with Crippen LogP contribution in [0.15, 0.2) is 18.2 Å². The molecule has 1 rings (SSSR count). The molecule has 1 aromatic carbocycles. The Bertz CT molecular complexity index is 432. The molecule has 2 nitrogen and oxygen atoms in total. The van der Waals surface area contributed by atoms with Crippen LogP contribution in [0.5, 0.6) is 5.75 Å². The van der Waals surface area contributed by atoms with Gasteiger partial charge >= 0.3 is 6.36 Å². The number of Topliss-reactive ketones (excluding diaryl/α,β-unsaturated/α-hetero) is 1. The minimum absolute atomic E-state index is 0.152. The summed E-state index contributed by atoms with van der Waals surface area (Å²) in [6.07, 6.45) is -4.76. The van der Waals surface area contributed by atoms with Gasteiger partial charge in [0.1, 0.15) is 5.75 Å². The van der Waals surface area contributed by atoms with Crippen LogP contribution in [-0.4, -0.2) is 17.0 Å². The van der Waals surface area contributed by atoms with E-state index in [1.54, 1.807) is 29.5 Å². The number of hydrogen-bond donors (Lipinski definition) is 0. The van der Waals surface area contributed by atoms with Gasteiger partial charge in [-0.25, -0.2) is 0 Å². The lowest BCUT2D eigenvalue weighted by molar-refractivity contribution is -0.274. The molecule has 1 aromatic rings. The fourth-order valence-electron chi connectivity index (χ4n) is 1.12. The molecule has 0 aliphatic heterocycles. The molecular formula is C10H7BrF3IO2. The van der Waals surface area contributed by atoms with Crippen molar-refractivity contribution in [3.05, 3.63) is 27.3 Å². The molecule has 1 unspecified atom stereocenters. The number of benzene rings is 1. The van der Waals surface area contributed by atoms with Crippen molar-refractivity contribution in [1.29, 1.82) is 0 Å². The van der Waals surface area contributed by atoms with Gasteiger partial charge in [-0.1, -0.05) is 28.1 Å². The Morgan fingerprint density at radius 1 is 1.47 bits per heavy atom. The maximum Gasteiger partial charge on any atom is 0.573 e. The van der Waals surface area contributed by atoms with Crippen LogP contribution < -0.4 is 4.74 Å². The largest absolute Gasteiger partial charge is 0.573 e. The number of hydrogen-bond acceptors (Lipinski definition) is 2. The lowest BCUT2D eigenvalue weighted by atomic mass is 10.1.